The van der Waals surface area contributed by atoms with Crippen molar-refractivity contribution in [1.29, 1.82) is 0 Å². The minimum Gasteiger partial charge on any atom is -0.493 e. The zero-order valence-electron chi connectivity index (χ0n) is 18.4. The third-order valence-corrected chi connectivity index (χ3v) is 5.46. The normalized spacial score (nSPS) is 14.0. The van der Waals surface area contributed by atoms with Gasteiger partial charge >= 0.3 is 0 Å². The summed E-state index contributed by atoms with van der Waals surface area (Å²) < 4.78 is 16.6. The van der Waals surface area contributed by atoms with E-state index in [0.29, 0.717) is 43.4 Å². The van der Waals surface area contributed by atoms with E-state index in [-0.39, 0.29) is 25.0 Å². The van der Waals surface area contributed by atoms with Gasteiger partial charge in [-0.15, -0.1) is 0 Å². The molecule has 0 saturated carbocycles. The van der Waals surface area contributed by atoms with Crippen LogP contribution in [-0.2, 0) is 9.59 Å². The summed E-state index contributed by atoms with van der Waals surface area (Å²) in [5.41, 5.74) is 2.31. The van der Waals surface area contributed by atoms with Crippen molar-refractivity contribution in [2.75, 3.05) is 46.5 Å². The lowest BCUT2D eigenvalue weighted by Crippen LogP contribution is -2.40. The van der Waals surface area contributed by atoms with E-state index in [1.165, 1.54) is 5.56 Å². The number of para-hydroxylation sites is 2. The second kappa shape index (κ2) is 10.7. The molecule has 1 fully saturated rings. The van der Waals surface area contributed by atoms with E-state index >= 15 is 0 Å². The SMILES string of the molecule is COc1ccccc1OCC(=O)N1CCCN(C(=O)COc2ccc(C)c(C)c2)CC1. The molecule has 1 aliphatic heterocycles. The summed E-state index contributed by atoms with van der Waals surface area (Å²) in [6, 6.07) is 13.0. The molecule has 0 unspecified atom stereocenters. The van der Waals surface area contributed by atoms with Gasteiger partial charge in [-0.25, -0.2) is 0 Å². The zero-order chi connectivity index (χ0) is 22.2. The molecule has 31 heavy (non-hydrogen) atoms. The van der Waals surface area contributed by atoms with Crippen molar-refractivity contribution in [3.63, 3.8) is 0 Å². The Morgan fingerprint density at radius 2 is 1.42 bits per heavy atom. The highest BCUT2D eigenvalue weighted by Crippen LogP contribution is 2.25. The van der Waals surface area contributed by atoms with E-state index in [9.17, 15) is 9.59 Å². The summed E-state index contributed by atoms with van der Waals surface area (Å²) in [6.45, 7) is 6.14. The number of rotatable bonds is 7. The van der Waals surface area contributed by atoms with Gasteiger partial charge in [-0.2, -0.15) is 0 Å². The number of aryl methyl sites for hydroxylation is 2. The predicted octanol–water partition coefficient (Wildman–Crippen LogP) is 2.83. The van der Waals surface area contributed by atoms with Crippen LogP contribution < -0.4 is 14.2 Å². The van der Waals surface area contributed by atoms with Gasteiger partial charge in [0.15, 0.2) is 24.7 Å². The summed E-state index contributed by atoms with van der Waals surface area (Å²) >= 11 is 0. The summed E-state index contributed by atoms with van der Waals surface area (Å²) in [4.78, 5) is 28.7. The lowest BCUT2D eigenvalue weighted by molar-refractivity contribution is -0.135. The van der Waals surface area contributed by atoms with E-state index in [1.54, 1.807) is 29.0 Å². The molecule has 0 spiro atoms. The standard InChI is InChI=1S/C24H30N2O5/c1-18-9-10-20(15-19(18)2)30-16-23(27)25-11-6-12-26(14-13-25)24(28)17-31-22-8-5-4-7-21(22)29-3/h4-5,7-10,15H,6,11-14,16-17H2,1-3H3. The molecule has 0 N–H and O–H groups in total. The van der Waals surface area contributed by atoms with Gasteiger partial charge in [0.1, 0.15) is 5.75 Å². The molecule has 7 nitrogen and oxygen atoms in total. The Hall–Kier alpha value is -3.22. The fraction of sp³-hybridized carbons (Fsp3) is 0.417. The molecule has 2 aromatic rings. The second-order valence-corrected chi connectivity index (χ2v) is 7.59. The molecule has 3 rings (SSSR count). The van der Waals surface area contributed by atoms with Crippen LogP contribution in [0.25, 0.3) is 0 Å². The third kappa shape index (κ3) is 6.13. The van der Waals surface area contributed by atoms with Gasteiger partial charge < -0.3 is 24.0 Å². The quantitative estimate of drug-likeness (QED) is 0.681. The largest absolute Gasteiger partial charge is 0.493 e. The molecule has 0 aliphatic carbocycles. The molecule has 0 radical (unpaired) electrons. The van der Waals surface area contributed by atoms with Crippen LogP contribution in [0.1, 0.15) is 17.5 Å². The first kappa shape index (κ1) is 22.5. The van der Waals surface area contributed by atoms with Gasteiger partial charge in [0.05, 0.1) is 7.11 Å². The fourth-order valence-corrected chi connectivity index (χ4v) is 3.43. The molecule has 0 aromatic heterocycles. The minimum atomic E-state index is -0.105. The molecule has 166 valence electrons. The molecular formula is C24H30N2O5. The number of carbonyl (C=O) groups is 2. The molecule has 1 aliphatic rings. The minimum absolute atomic E-state index is 0.00659. The molecule has 7 heteroatoms. The van der Waals surface area contributed by atoms with Crippen LogP contribution in [0.4, 0.5) is 0 Å². The topological polar surface area (TPSA) is 68.3 Å². The number of hydrogen-bond acceptors (Lipinski definition) is 5. The van der Waals surface area contributed by atoms with Gasteiger partial charge in [0, 0.05) is 26.2 Å². The van der Waals surface area contributed by atoms with Crippen molar-refractivity contribution in [2.45, 2.75) is 20.3 Å². The van der Waals surface area contributed by atoms with Crippen LogP contribution in [0.15, 0.2) is 42.5 Å². The zero-order valence-corrected chi connectivity index (χ0v) is 18.4. The highest BCUT2D eigenvalue weighted by atomic mass is 16.5. The number of carbonyl (C=O) groups excluding carboxylic acids is 2. The van der Waals surface area contributed by atoms with Gasteiger partial charge in [-0.3, -0.25) is 9.59 Å². The van der Waals surface area contributed by atoms with Crippen molar-refractivity contribution < 1.29 is 23.8 Å². The number of methoxy groups -OCH3 is 1. The van der Waals surface area contributed by atoms with E-state index in [1.807, 2.05) is 44.2 Å². The Bertz CT molecular complexity index is 915. The van der Waals surface area contributed by atoms with Gasteiger partial charge in [0.25, 0.3) is 11.8 Å². The van der Waals surface area contributed by atoms with Crippen molar-refractivity contribution >= 4 is 11.8 Å². The Kier molecular flexibility index (Phi) is 7.76. The van der Waals surface area contributed by atoms with Crippen LogP contribution in [-0.4, -0.2) is 68.1 Å². The van der Waals surface area contributed by atoms with Gasteiger partial charge in [-0.1, -0.05) is 18.2 Å². The van der Waals surface area contributed by atoms with Crippen LogP contribution in [0.2, 0.25) is 0 Å². The third-order valence-electron chi connectivity index (χ3n) is 5.46. The maximum atomic E-state index is 12.6. The average molecular weight is 427 g/mol. The smallest absolute Gasteiger partial charge is 0.260 e. The number of hydrogen-bond donors (Lipinski definition) is 0. The molecule has 1 saturated heterocycles. The van der Waals surface area contributed by atoms with E-state index < -0.39 is 0 Å². The van der Waals surface area contributed by atoms with Crippen LogP contribution in [0, 0.1) is 13.8 Å². The van der Waals surface area contributed by atoms with Crippen molar-refractivity contribution in [3.05, 3.63) is 53.6 Å². The fourth-order valence-electron chi connectivity index (χ4n) is 3.43. The van der Waals surface area contributed by atoms with Crippen molar-refractivity contribution in [2.24, 2.45) is 0 Å². The summed E-state index contributed by atoms with van der Waals surface area (Å²) in [5.74, 6) is 1.64. The molecule has 2 amide bonds. The molecule has 2 aromatic carbocycles. The van der Waals surface area contributed by atoms with E-state index in [4.69, 9.17) is 14.2 Å². The number of ether oxygens (including phenoxy) is 3. The van der Waals surface area contributed by atoms with Crippen LogP contribution in [0.3, 0.4) is 0 Å². The summed E-state index contributed by atoms with van der Waals surface area (Å²) in [5, 5.41) is 0. The maximum absolute atomic E-state index is 12.6. The second-order valence-electron chi connectivity index (χ2n) is 7.59. The van der Waals surface area contributed by atoms with Gasteiger partial charge in [0.2, 0.25) is 0 Å². The summed E-state index contributed by atoms with van der Waals surface area (Å²) in [6.07, 6.45) is 0.718. The van der Waals surface area contributed by atoms with Gasteiger partial charge in [-0.05, 0) is 55.7 Å². The lowest BCUT2D eigenvalue weighted by Gasteiger charge is -2.22. The van der Waals surface area contributed by atoms with Crippen molar-refractivity contribution in [1.82, 2.24) is 9.80 Å². The Morgan fingerprint density at radius 1 is 0.806 bits per heavy atom. The monoisotopic (exact) mass is 426 g/mol. The van der Waals surface area contributed by atoms with Crippen LogP contribution in [0.5, 0.6) is 17.2 Å². The number of nitrogens with zero attached hydrogens (tertiary/aromatic N) is 2. The molecule has 0 bridgehead atoms. The Morgan fingerprint density at radius 3 is 2.03 bits per heavy atom. The van der Waals surface area contributed by atoms with E-state index in [0.717, 1.165) is 12.0 Å². The van der Waals surface area contributed by atoms with Crippen molar-refractivity contribution in [3.8, 4) is 17.2 Å². The molecule has 1 heterocycles. The highest BCUT2D eigenvalue weighted by Gasteiger charge is 2.23. The molecule has 0 atom stereocenters. The average Bonchev–Trinajstić information content (AvgIpc) is 3.04. The number of benzene rings is 2. The Balaban J connectivity index is 1.47. The number of amides is 2. The first-order chi connectivity index (χ1) is 15.0. The highest BCUT2D eigenvalue weighted by molar-refractivity contribution is 5.79. The van der Waals surface area contributed by atoms with E-state index in [2.05, 4.69) is 0 Å². The van der Waals surface area contributed by atoms with Crippen LogP contribution >= 0.6 is 0 Å². The Labute approximate surface area is 183 Å². The predicted molar refractivity (Wildman–Crippen MR) is 118 cm³/mol. The lowest BCUT2D eigenvalue weighted by atomic mass is 10.1. The maximum Gasteiger partial charge on any atom is 0.260 e. The first-order valence-corrected chi connectivity index (χ1v) is 10.5. The summed E-state index contributed by atoms with van der Waals surface area (Å²) in [7, 11) is 1.56. The molecular weight excluding hydrogens is 396 g/mol. The first-order valence-electron chi connectivity index (χ1n) is 10.5.